The Morgan fingerprint density at radius 2 is 1.79 bits per heavy atom. The number of ketones is 1. The van der Waals surface area contributed by atoms with Crippen LogP contribution >= 0.6 is 0 Å². The molecule has 1 amide bonds. The lowest BCUT2D eigenvalue weighted by molar-refractivity contribution is -0.143. The van der Waals surface area contributed by atoms with Gasteiger partial charge in [-0.2, -0.15) is 0 Å². The van der Waals surface area contributed by atoms with Crippen LogP contribution in [-0.2, 0) is 9.59 Å². The molecule has 5 heteroatoms. The maximum atomic E-state index is 11.7. The van der Waals surface area contributed by atoms with Crippen molar-refractivity contribution in [2.75, 3.05) is 5.32 Å². The Morgan fingerprint density at radius 1 is 1.21 bits per heavy atom. The molecule has 0 aliphatic carbocycles. The van der Waals surface area contributed by atoms with Gasteiger partial charge in [0.2, 0.25) is 5.91 Å². The standard InChI is InChI=1S/C14H17NO4/c1-3-10(14(18)19)8-13(17)15-12-6-4-11(5-7-12)9(2)16/h4-7,10H,3,8H2,1-2H3,(H,15,17)(H,18,19). The molecule has 0 bridgehead atoms. The Labute approximate surface area is 111 Å². The Kier molecular flexibility index (Phi) is 5.23. The van der Waals surface area contributed by atoms with Gasteiger partial charge in [-0.25, -0.2) is 0 Å². The number of carbonyl (C=O) groups is 3. The van der Waals surface area contributed by atoms with Crippen LogP contribution in [0.5, 0.6) is 0 Å². The Bertz CT molecular complexity index is 479. The van der Waals surface area contributed by atoms with E-state index >= 15 is 0 Å². The molecule has 0 aromatic heterocycles. The molecule has 1 unspecified atom stereocenters. The average Bonchev–Trinajstić information content (AvgIpc) is 2.36. The zero-order valence-electron chi connectivity index (χ0n) is 11.0. The largest absolute Gasteiger partial charge is 0.481 e. The summed E-state index contributed by atoms with van der Waals surface area (Å²) in [6.45, 7) is 3.19. The topological polar surface area (TPSA) is 83.5 Å². The van der Waals surface area contributed by atoms with Gasteiger partial charge in [-0.15, -0.1) is 0 Å². The van der Waals surface area contributed by atoms with E-state index in [0.717, 1.165) is 0 Å². The van der Waals surface area contributed by atoms with Crippen LogP contribution in [-0.4, -0.2) is 22.8 Å². The lowest BCUT2D eigenvalue weighted by Crippen LogP contribution is -2.21. The van der Waals surface area contributed by atoms with Crippen molar-refractivity contribution in [3.05, 3.63) is 29.8 Å². The first-order chi connectivity index (χ1) is 8.93. The van der Waals surface area contributed by atoms with Gasteiger partial charge in [0, 0.05) is 17.7 Å². The van der Waals surface area contributed by atoms with Crippen molar-refractivity contribution in [1.29, 1.82) is 0 Å². The van der Waals surface area contributed by atoms with E-state index in [0.29, 0.717) is 17.7 Å². The average molecular weight is 263 g/mol. The van der Waals surface area contributed by atoms with Crippen molar-refractivity contribution in [2.24, 2.45) is 5.92 Å². The van der Waals surface area contributed by atoms with Crippen LogP contribution < -0.4 is 5.32 Å². The van der Waals surface area contributed by atoms with Crippen LogP contribution in [0.4, 0.5) is 5.69 Å². The van der Waals surface area contributed by atoms with Crippen molar-refractivity contribution in [3.8, 4) is 0 Å². The normalized spacial score (nSPS) is 11.7. The summed E-state index contributed by atoms with van der Waals surface area (Å²) in [6, 6.07) is 6.48. The van der Waals surface area contributed by atoms with E-state index < -0.39 is 11.9 Å². The summed E-state index contributed by atoms with van der Waals surface area (Å²) in [5.74, 6) is -2.03. The molecule has 5 nitrogen and oxygen atoms in total. The van der Waals surface area contributed by atoms with Gasteiger partial charge in [-0.05, 0) is 37.6 Å². The number of amides is 1. The molecule has 19 heavy (non-hydrogen) atoms. The number of carboxylic acid groups (broad SMARTS) is 1. The molecule has 102 valence electrons. The second-order valence-corrected chi connectivity index (χ2v) is 4.33. The van der Waals surface area contributed by atoms with Gasteiger partial charge in [0.15, 0.2) is 5.78 Å². The monoisotopic (exact) mass is 263 g/mol. The van der Waals surface area contributed by atoms with Gasteiger partial charge in [0.25, 0.3) is 0 Å². The summed E-state index contributed by atoms with van der Waals surface area (Å²) < 4.78 is 0. The summed E-state index contributed by atoms with van der Waals surface area (Å²) in [7, 11) is 0. The van der Waals surface area contributed by atoms with E-state index in [1.165, 1.54) is 6.92 Å². The van der Waals surface area contributed by atoms with Crippen molar-refractivity contribution in [1.82, 2.24) is 0 Å². The third-order valence-corrected chi connectivity index (χ3v) is 2.85. The number of hydrogen-bond acceptors (Lipinski definition) is 3. The van der Waals surface area contributed by atoms with Crippen LogP contribution in [0.25, 0.3) is 0 Å². The first-order valence-corrected chi connectivity index (χ1v) is 6.07. The summed E-state index contributed by atoms with van der Waals surface area (Å²) in [6.07, 6.45) is 0.353. The molecular formula is C14H17NO4. The number of anilines is 1. The highest BCUT2D eigenvalue weighted by atomic mass is 16.4. The van der Waals surface area contributed by atoms with E-state index in [-0.39, 0.29) is 18.1 Å². The van der Waals surface area contributed by atoms with Crippen LogP contribution in [0.15, 0.2) is 24.3 Å². The minimum atomic E-state index is -0.968. The number of rotatable bonds is 6. The van der Waals surface area contributed by atoms with Gasteiger partial charge in [-0.3, -0.25) is 14.4 Å². The highest BCUT2D eigenvalue weighted by molar-refractivity contribution is 5.96. The quantitative estimate of drug-likeness (QED) is 0.771. The molecule has 0 fully saturated rings. The fraction of sp³-hybridized carbons (Fsp3) is 0.357. The third kappa shape index (κ3) is 4.54. The van der Waals surface area contributed by atoms with E-state index in [4.69, 9.17) is 5.11 Å². The highest BCUT2D eigenvalue weighted by Gasteiger charge is 2.19. The van der Waals surface area contributed by atoms with Gasteiger partial charge < -0.3 is 10.4 Å². The fourth-order valence-corrected chi connectivity index (χ4v) is 1.63. The molecule has 0 saturated carbocycles. The molecule has 0 radical (unpaired) electrons. The van der Waals surface area contributed by atoms with Gasteiger partial charge in [0.1, 0.15) is 0 Å². The summed E-state index contributed by atoms with van der Waals surface area (Å²) in [4.78, 5) is 33.6. The zero-order valence-corrected chi connectivity index (χ0v) is 11.0. The number of nitrogens with one attached hydrogen (secondary N) is 1. The fourth-order valence-electron chi connectivity index (χ4n) is 1.63. The van der Waals surface area contributed by atoms with E-state index in [9.17, 15) is 14.4 Å². The molecule has 0 heterocycles. The summed E-state index contributed by atoms with van der Waals surface area (Å²) in [5, 5.41) is 11.5. The number of benzene rings is 1. The van der Waals surface area contributed by atoms with Crippen molar-refractivity contribution >= 4 is 23.3 Å². The molecule has 1 rings (SSSR count). The summed E-state index contributed by atoms with van der Waals surface area (Å²) in [5.41, 5.74) is 1.12. The lowest BCUT2D eigenvalue weighted by Gasteiger charge is -2.10. The van der Waals surface area contributed by atoms with Crippen LogP contribution in [0.3, 0.4) is 0 Å². The third-order valence-electron chi connectivity index (χ3n) is 2.85. The Balaban J connectivity index is 2.61. The molecule has 1 aromatic rings. The number of Topliss-reactive ketones (excluding diaryl/α,β-unsaturated/α-hetero) is 1. The number of carbonyl (C=O) groups excluding carboxylic acids is 2. The molecule has 2 N–H and O–H groups in total. The molecule has 0 spiro atoms. The molecule has 1 atom stereocenters. The van der Waals surface area contributed by atoms with Gasteiger partial charge >= 0.3 is 5.97 Å². The number of hydrogen-bond donors (Lipinski definition) is 2. The Hall–Kier alpha value is -2.17. The molecule has 1 aromatic carbocycles. The number of carboxylic acids is 1. The highest BCUT2D eigenvalue weighted by Crippen LogP contribution is 2.13. The molecule has 0 aliphatic rings. The minimum absolute atomic E-state index is 0.0465. The smallest absolute Gasteiger partial charge is 0.307 e. The van der Waals surface area contributed by atoms with Crippen LogP contribution in [0.2, 0.25) is 0 Å². The number of aliphatic carboxylic acids is 1. The molecule has 0 aliphatic heterocycles. The molecule has 0 saturated heterocycles. The first-order valence-electron chi connectivity index (χ1n) is 6.07. The maximum absolute atomic E-state index is 11.7. The molecular weight excluding hydrogens is 246 g/mol. The minimum Gasteiger partial charge on any atom is -0.481 e. The van der Waals surface area contributed by atoms with Crippen molar-refractivity contribution in [3.63, 3.8) is 0 Å². The SMILES string of the molecule is CCC(CC(=O)Nc1ccc(C(C)=O)cc1)C(=O)O. The van der Waals surface area contributed by atoms with Crippen LogP contribution in [0.1, 0.15) is 37.0 Å². The second-order valence-electron chi connectivity index (χ2n) is 4.33. The van der Waals surface area contributed by atoms with E-state index in [1.807, 2.05) is 0 Å². The Morgan fingerprint density at radius 3 is 2.21 bits per heavy atom. The lowest BCUT2D eigenvalue weighted by atomic mass is 10.0. The van der Waals surface area contributed by atoms with E-state index in [1.54, 1.807) is 31.2 Å². The van der Waals surface area contributed by atoms with Crippen molar-refractivity contribution in [2.45, 2.75) is 26.7 Å². The van der Waals surface area contributed by atoms with Gasteiger partial charge in [-0.1, -0.05) is 6.92 Å². The maximum Gasteiger partial charge on any atom is 0.307 e. The second kappa shape index (κ2) is 6.68. The summed E-state index contributed by atoms with van der Waals surface area (Å²) >= 11 is 0. The van der Waals surface area contributed by atoms with Crippen molar-refractivity contribution < 1.29 is 19.5 Å². The van der Waals surface area contributed by atoms with Crippen LogP contribution in [0, 0.1) is 5.92 Å². The zero-order chi connectivity index (χ0) is 14.4. The first kappa shape index (κ1) is 14.9. The predicted octanol–water partition coefficient (Wildman–Crippen LogP) is 2.33. The van der Waals surface area contributed by atoms with Gasteiger partial charge in [0.05, 0.1) is 5.92 Å². The predicted molar refractivity (Wildman–Crippen MR) is 71.1 cm³/mol. The van der Waals surface area contributed by atoms with E-state index in [2.05, 4.69) is 5.32 Å².